The number of carbonyl (C=O) groups excluding carboxylic acids is 1. The standard InChI is InChI=1S/C11H22N2O3/c1-11(2,3)16-10(14)13-6-4-5-12-9-7-15-8-9/h9,12H,4-8H2,1-3H3,(H,13,14). The van der Waals surface area contributed by atoms with Crippen molar-refractivity contribution in [2.45, 2.75) is 38.8 Å². The van der Waals surface area contributed by atoms with Crippen molar-refractivity contribution >= 4 is 6.09 Å². The lowest BCUT2D eigenvalue weighted by Gasteiger charge is -2.27. The second kappa shape index (κ2) is 6.06. The van der Waals surface area contributed by atoms with Gasteiger partial charge < -0.3 is 20.1 Å². The molecule has 0 aromatic carbocycles. The van der Waals surface area contributed by atoms with Crippen LogP contribution in [-0.2, 0) is 9.47 Å². The summed E-state index contributed by atoms with van der Waals surface area (Å²) in [4.78, 5) is 11.2. The van der Waals surface area contributed by atoms with Crippen LogP contribution in [0.2, 0.25) is 0 Å². The van der Waals surface area contributed by atoms with E-state index in [2.05, 4.69) is 10.6 Å². The van der Waals surface area contributed by atoms with Gasteiger partial charge in [-0.3, -0.25) is 0 Å². The molecule has 1 fully saturated rings. The number of amides is 1. The summed E-state index contributed by atoms with van der Waals surface area (Å²) in [5, 5.41) is 6.04. The molecule has 0 radical (unpaired) electrons. The molecule has 1 saturated heterocycles. The first-order valence-corrected chi connectivity index (χ1v) is 5.75. The van der Waals surface area contributed by atoms with Crippen LogP contribution in [0.1, 0.15) is 27.2 Å². The molecular weight excluding hydrogens is 208 g/mol. The van der Waals surface area contributed by atoms with E-state index in [1.807, 2.05) is 20.8 Å². The number of ether oxygens (including phenoxy) is 2. The largest absolute Gasteiger partial charge is 0.444 e. The minimum Gasteiger partial charge on any atom is -0.444 e. The van der Waals surface area contributed by atoms with Gasteiger partial charge in [-0.25, -0.2) is 4.79 Å². The van der Waals surface area contributed by atoms with Crippen molar-refractivity contribution < 1.29 is 14.3 Å². The third kappa shape index (κ3) is 5.92. The maximum atomic E-state index is 11.2. The molecule has 0 aromatic heterocycles. The fourth-order valence-electron chi connectivity index (χ4n) is 1.25. The monoisotopic (exact) mass is 230 g/mol. The maximum Gasteiger partial charge on any atom is 0.407 e. The third-order valence-corrected chi connectivity index (χ3v) is 2.09. The van der Waals surface area contributed by atoms with Crippen LogP contribution in [-0.4, -0.2) is 44.0 Å². The molecule has 0 atom stereocenters. The van der Waals surface area contributed by atoms with E-state index in [-0.39, 0.29) is 6.09 Å². The highest BCUT2D eigenvalue weighted by molar-refractivity contribution is 5.67. The molecule has 94 valence electrons. The lowest BCUT2D eigenvalue weighted by molar-refractivity contribution is -0.00494. The molecule has 1 aliphatic rings. The van der Waals surface area contributed by atoms with Crippen LogP contribution in [0, 0.1) is 0 Å². The summed E-state index contributed by atoms with van der Waals surface area (Å²) in [7, 11) is 0. The van der Waals surface area contributed by atoms with Gasteiger partial charge in [0.2, 0.25) is 0 Å². The van der Waals surface area contributed by atoms with E-state index in [1.165, 1.54) is 0 Å². The highest BCUT2D eigenvalue weighted by atomic mass is 16.6. The summed E-state index contributed by atoms with van der Waals surface area (Å²) >= 11 is 0. The first-order chi connectivity index (χ1) is 7.47. The fraction of sp³-hybridized carbons (Fsp3) is 0.909. The Morgan fingerprint density at radius 2 is 2.06 bits per heavy atom. The van der Waals surface area contributed by atoms with Gasteiger partial charge in [-0.05, 0) is 33.7 Å². The molecule has 16 heavy (non-hydrogen) atoms. The molecule has 1 heterocycles. The molecule has 5 heteroatoms. The first-order valence-electron chi connectivity index (χ1n) is 5.75. The summed E-state index contributed by atoms with van der Waals surface area (Å²) in [5.41, 5.74) is -0.425. The molecule has 0 saturated carbocycles. The van der Waals surface area contributed by atoms with E-state index < -0.39 is 5.60 Å². The fourth-order valence-corrected chi connectivity index (χ4v) is 1.25. The van der Waals surface area contributed by atoms with Crippen LogP contribution in [0.5, 0.6) is 0 Å². The second-order valence-corrected chi connectivity index (χ2v) is 4.97. The lowest BCUT2D eigenvalue weighted by atomic mass is 10.2. The number of carbonyl (C=O) groups is 1. The minimum absolute atomic E-state index is 0.348. The maximum absolute atomic E-state index is 11.2. The van der Waals surface area contributed by atoms with E-state index in [9.17, 15) is 4.79 Å². The number of rotatable bonds is 5. The van der Waals surface area contributed by atoms with Crippen LogP contribution < -0.4 is 10.6 Å². The van der Waals surface area contributed by atoms with Gasteiger partial charge in [0.15, 0.2) is 0 Å². The first kappa shape index (κ1) is 13.3. The van der Waals surface area contributed by atoms with Gasteiger partial charge in [-0.15, -0.1) is 0 Å². The van der Waals surface area contributed by atoms with Crippen molar-refractivity contribution in [1.82, 2.24) is 10.6 Å². The van der Waals surface area contributed by atoms with Gasteiger partial charge in [-0.2, -0.15) is 0 Å². The van der Waals surface area contributed by atoms with Crippen LogP contribution in [0.4, 0.5) is 4.79 Å². The van der Waals surface area contributed by atoms with Gasteiger partial charge in [0.1, 0.15) is 5.60 Å². The molecule has 1 amide bonds. The Morgan fingerprint density at radius 3 is 2.56 bits per heavy atom. The number of hydrogen-bond acceptors (Lipinski definition) is 4. The Labute approximate surface area is 96.9 Å². The normalized spacial score (nSPS) is 16.7. The van der Waals surface area contributed by atoms with Crippen LogP contribution in [0.15, 0.2) is 0 Å². The van der Waals surface area contributed by atoms with Gasteiger partial charge in [0.05, 0.1) is 19.3 Å². The summed E-state index contributed by atoms with van der Waals surface area (Å²) in [6, 6.07) is 0.501. The molecule has 0 unspecified atom stereocenters. The van der Waals surface area contributed by atoms with Crippen LogP contribution in [0.3, 0.4) is 0 Å². The van der Waals surface area contributed by atoms with E-state index >= 15 is 0 Å². The van der Waals surface area contributed by atoms with Crippen LogP contribution >= 0.6 is 0 Å². The van der Waals surface area contributed by atoms with Crippen molar-refractivity contribution in [3.63, 3.8) is 0 Å². The number of hydrogen-bond donors (Lipinski definition) is 2. The van der Waals surface area contributed by atoms with Gasteiger partial charge in [0.25, 0.3) is 0 Å². The van der Waals surface area contributed by atoms with E-state index in [0.29, 0.717) is 12.6 Å². The smallest absolute Gasteiger partial charge is 0.407 e. The summed E-state index contributed by atoms with van der Waals surface area (Å²) in [6.45, 7) is 8.69. The highest BCUT2D eigenvalue weighted by Gasteiger charge is 2.17. The third-order valence-electron chi connectivity index (χ3n) is 2.09. The van der Waals surface area contributed by atoms with Crippen molar-refractivity contribution in [3.05, 3.63) is 0 Å². The summed E-state index contributed by atoms with van der Waals surface area (Å²) < 4.78 is 10.1. The van der Waals surface area contributed by atoms with E-state index in [4.69, 9.17) is 9.47 Å². The Hall–Kier alpha value is -0.810. The van der Waals surface area contributed by atoms with E-state index in [1.54, 1.807) is 0 Å². The molecule has 0 aromatic rings. The van der Waals surface area contributed by atoms with Crippen LogP contribution in [0.25, 0.3) is 0 Å². The Morgan fingerprint density at radius 1 is 1.38 bits per heavy atom. The molecule has 1 aliphatic heterocycles. The molecule has 0 spiro atoms. The quantitative estimate of drug-likeness (QED) is 0.689. The van der Waals surface area contributed by atoms with Gasteiger partial charge >= 0.3 is 6.09 Å². The zero-order valence-corrected chi connectivity index (χ0v) is 10.3. The Bertz CT molecular complexity index is 222. The molecule has 0 bridgehead atoms. The van der Waals surface area contributed by atoms with Crippen molar-refractivity contribution in [2.24, 2.45) is 0 Å². The predicted octanol–water partition coefficient (Wildman–Crippen LogP) is 0.890. The second-order valence-electron chi connectivity index (χ2n) is 4.97. The molecule has 2 N–H and O–H groups in total. The Kier molecular flexibility index (Phi) is 5.02. The average Bonchev–Trinajstić information content (AvgIpc) is 2.04. The predicted molar refractivity (Wildman–Crippen MR) is 61.5 cm³/mol. The summed E-state index contributed by atoms with van der Waals surface area (Å²) in [5.74, 6) is 0. The zero-order valence-electron chi connectivity index (χ0n) is 10.3. The topological polar surface area (TPSA) is 59.6 Å². The molecule has 5 nitrogen and oxygen atoms in total. The van der Waals surface area contributed by atoms with Crippen molar-refractivity contribution in [2.75, 3.05) is 26.3 Å². The highest BCUT2D eigenvalue weighted by Crippen LogP contribution is 2.06. The minimum atomic E-state index is -0.425. The van der Waals surface area contributed by atoms with Gasteiger partial charge in [-0.1, -0.05) is 0 Å². The Balaban J connectivity index is 1.91. The SMILES string of the molecule is CC(C)(C)OC(=O)NCCCNC1COC1. The summed E-state index contributed by atoms with van der Waals surface area (Å²) in [6.07, 6.45) is 0.551. The lowest BCUT2D eigenvalue weighted by Crippen LogP contribution is -2.46. The molecule has 0 aliphatic carbocycles. The number of alkyl carbamates (subject to hydrolysis) is 1. The number of nitrogens with one attached hydrogen (secondary N) is 2. The van der Waals surface area contributed by atoms with Crippen molar-refractivity contribution in [3.8, 4) is 0 Å². The van der Waals surface area contributed by atoms with Crippen molar-refractivity contribution in [1.29, 1.82) is 0 Å². The van der Waals surface area contributed by atoms with E-state index in [0.717, 1.165) is 26.2 Å². The van der Waals surface area contributed by atoms with Gasteiger partial charge in [0, 0.05) is 6.54 Å². The molecular formula is C11H22N2O3. The zero-order chi connectivity index (χ0) is 12.0. The average molecular weight is 230 g/mol. The molecule has 1 rings (SSSR count).